The Hall–Kier alpha value is -1.19. The maximum absolute atomic E-state index is 10.4. The maximum atomic E-state index is 10.4. The molecule has 0 radical (unpaired) electrons. The summed E-state index contributed by atoms with van der Waals surface area (Å²) in [4.78, 5) is 10.4. The molecule has 4 nitrogen and oxygen atoms in total. The molecule has 0 aromatic rings. The van der Waals surface area contributed by atoms with Crippen LogP contribution in [0.2, 0.25) is 0 Å². The molecule has 10 heavy (non-hydrogen) atoms. The molecular formula is C6H10O4. The van der Waals surface area contributed by atoms with Gasteiger partial charge in [-0.1, -0.05) is 0 Å². The van der Waals surface area contributed by atoms with Crippen LogP contribution >= 0.6 is 0 Å². The normalized spacial score (nSPS) is 8.20. The van der Waals surface area contributed by atoms with E-state index in [0.717, 1.165) is 0 Å². The van der Waals surface area contributed by atoms with Crippen molar-refractivity contribution in [3.05, 3.63) is 12.5 Å². The van der Waals surface area contributed by atoms with Gasteiger partial charge in [0, 0.05) is 0 Å². The Morgan fingerprint density at radius 3 is 2.60 bits per heavy atom. The van der Waals surface area contributed by atoms with E-state index in [1.165, 1.54) is 7.11 Å². The molecule has 0 saturated carbocycles. The summed E-state index contributed by atoms with van der Waals surface area (Å²) in [7, 11) is 1.35. The smallest absolute Gasteiger partial charge is 0.469 e. The van der Waals surface area contributed by atoms with E-state index in [4.69, 9.17) is 0 Å². The van der Waals surface area contributed by atoms with Gasteiger partial charge in [0.25, 0.3) is 5.95 Å². The largest absolute Gasteiger partial charge is 0.516 e. The maximum Gasteiger partial charge on any atom is 0.516 e. The molecule has 0 aromatic carbocycles. The summed E-state index contributed by atoms with van der Waals surface area (Å²) in [5, 5.41) is 0. The summed E-state index contributed by atoms with van der Waals surface area (Å²) in [5.41, 5.74) is 0. The van der Waals surface area contributed by atoms with Crippen LogP contribution in [0.15, 0.2) is 12.5 Å². The van der Waals surface area contributed by atoms with Crippen molar-refractivity contribution >= 4 is 6.16 Å². The van der Waals surface area contributed by atoms with Crippen LogP contribution in [0.1, 0.15) is 6.92 Å². The van der Waals surface area contributed by atoms with Gasteiger partial charge < -0.3 is 14.2 Å². The van der Waals surface area contributed by atoms with E-state index in [1.54, 1.807) is 6.92 Å². The van der Waals surface area contributed by atoms with Gasteiger partial charge in [0.1, 0.15) is 0 Å². The van der Waals surface area contributed by atoms with Gasteiger partial charge in [0.05, 0.1) is 13.7 Å². The molecule has 0 aliphatic rings. The lowest BCUT2D eigenvalue weighted by atomic mass is 10.9. The molecule has 0 unspecified atom stereocenters. The zero-order valence-electron chi connectivity index (χ0n) is 6.05. The minimum atomic E-state index is -0.797. The molecule has 0 heterocycles. The first-order chi connectivity index (χ1) is 4.70. The Bertz CT molecular complexity index is 130. The average Bonchev–Trinajstić information content (AvgIpc) is 1.88. The van der Waals surface area contributed by atoms with Crippen molar-refractivity contribution in [2.24, 2.45) is 0 Å². The Morgan fingerprint density at radius 1 is 1.60 bits per heavy atom. The van der Waals surface area contributed by atoms with Crippen LogP contribution in [0.3, 0.4) is 0 Å². The third-order valence-corrected chi connectivity index (χ3v) is 0.687. The highest BCUT2D eigenvalue weighted by Gasteiger charge is 2.03. The molecule has 0 aliphatic heterocycles. The number of carbonyl (C=O) groups is 1. The number of rotatable bonds is 3. The molecule has 0 bridgehead atoms. The van der Waals surface area contributed by atoms with Crippen LogP contribution in [-0.4, -0.2) is 19.9 Å². The van der Waals surface area contributed by atoms with Crippen molar-refractivity contribution in [3.63, 3.8) is 0 Å². The molecule has 0 saturated heterocycles. The summed E-state index contributed by atoms with van der Waals surface area (Å²) in [6.07, 6.45) is -0.797. The second-order valence-electron chi connectivity index (χ2n) is 1.36. The van der Waals surface area contributed by atoms with E-state index >= 15 is 0 Å². The number of hydrogen-bond donors (Lipinski definition) is 0. The van der Waals surface area contributed by atoms with E-state index in [9.17, 15) is 4.79 Å². The second kappa shape index (κ2) is 4.67. The molecule has 58 valence electrons. The van der Waals surface area contributed by atoms with Crippen molar-refractivity contribution in [1.29, 1.82) is 0 Å². The number of ether oxygens (including phenoxy) is 3. The van der Waals surface area contributed by atoms with Gasteiger partial charge in [0.2, 0.25) is 0 Å². The van der Waals surface area contributed by atoms with Crippen molar-refractivity contribution in [3.8, 4) is 0 Å². The van der Waals surface area contributed by atoms with Crippen molar-refractivity contribution in [2.45, 2.75) is 6.92 Å². The van der Waals surface area contributed by atoms with Crippen LogP contribution in [-0.2, 0) is 14.2 Å². The quantitative estimate of drug-likeness (QED) is 0.444. The summed E-state index contributed by atoms with van der Waals surface area (Å²) >= 11 is 0. The van der Waals surface area contributed by atoms with E-state index in [1.807, 2.05) is 0 Å². The fraction of sp³-hybridized carbons (Fsp3) is 0.500. The Balaban J connectivity index is 3.47. The Kier molecular flexibility index (Phi) is 4.11. The minimum absolute atomic E-state index is 0.0709. The van der Waals surface area contributed by atoms with Gasteiger partial charge in [-0.05, 0) is 13.5 Å². The zero-order chi connectivity index (χ0) is 7.98. The lowest BCUT2D eigenvalue weighted by Crippen LogP contribution is -2.06. The number of carbonyl (C=O) groups excluding carboxylic acids is 1. The lowest BCUT2D eigenvalue weighted by Gasteiger charge is -2.03. The molecule has 0 amide bonds. The van der Waals surface area contributed by atoms with Gasteiger partial charge in [-0.2, -0.15) is 0 Å². The lowest BCUT2D eigenvalue weighted by molar-refractivity contribution is 0.0365. The monoisotopic (exact) mass is 146 g/mol. The second-order valence-corrected chi connectivity index (χ2v) is 1.36. The van der Waals surface area contributed by atoms with E-state index in [-0.39, 0.29) is 12.6 Å². The van der Waals surface area contributed by atoms with Crippen LogP contribution in [0.4, 0.5) is 4.79 Å². The van der Waals surface area contributed by atoms with Crippen LogP contribution in [0, 0.1) is 0 Å². The first-order valence-corrected chi connectivity index (χ1v) is 2.78. The van der Waals surface area contributed by atoms with Gasteiger partial charge in [-0.15, -0.1) is 0 Å². The van der Waals surface area contributed by atoms with E-state index < -0.39 is 6.16 Å². The van der Waals surface area contributed by atoms with Crippen LogP contribution in [0.25, 0.3) is 0 Å². The Labute approximate surface area is 59.4 Å². The predicted octanol–water partition coefficient (Wildman–Crippen LogP) is 1.28. The molecule has 0 aromatic heterocycles. The topological polar surface area (TPSA) is 44.8 Å². The molecule has 0 atom stereocenters. The standard InChI is InChI=1S/C6H10O4/c1-4-9-6(7)10-5(2)8-3/h2,4H2,1,3H3. The van der Waals surface area contributed by atoms with Gasteiger partial charge >= 0.3 is 6.16 Å². The summed E-state index contributed by atoms with van der Waals surface area (Å²) in [6.45, 7) is 5.20. The molecule has 0 spiro atoms. The molecule has 4 heteroatoms. The highest BCUT2D eigenvalue weighted by Crippen LogP contribution is 1.95. The highest BCUT2D eigenvalue weighted by atomic mass is 16.8. The van der Waals surface area contributed by atoms with Crippen molar-refractivity contribution in [1.82, 2.24) is 0 Å². The summed E-state index contributed by atoms with van der Waals surface area (Å²) in [5.74, 6) is -0.0709. The molecule has 0 aliphatic carbocycles. The van der Waals surface area contributed by atoms with Crippen molar-refractivity contribution in [2.75, 3.05) is 13.7 Å². The SMILES string of the molecule is C=C(OC)OC(=O)OCC. The predicted molar refractivity (Wildman–Crippen MR) is 34.3 cm³/mol. The van der Waals surface area contributed by atoms with Gasteiger partial charge in [-0.25, -0.2) is 4.79 Å². The minimum Gasteiger partial charge on any atom is -0.469 e. The highest BCUT2D eigenvalue weighted by molar-refractivity contribution is 5.60. The van der Waals surface area contributed by atoms with E-state index in [0.29, 0.717) is 0 Å². The molecule has 0 fully saturated rings. The summed E-state index contributed by atoms with van der Waals surface area (Å²) in [6, 6.07) is 0. The third kappa shape index (κ3) is 3.77. The van der Waals surface area contributed by atoms with Crippen LogP contribution in [0.5, 0.6) is 0 Å². The fourth-order valence-corrected chi connectivity index (χ4v) is 0.282. The third-order valence-electron chi connectivity index (χ3n) is 0.687. The fourth-order valence-electron chi connectivity index (χ4n) is 0.282. The Morgan fingerprint density at radius 2 is 2.20 bits per heavy atom. The van der Waals surface area contributed by atoms with Crippen molar-refractivity contribution < 1.29 is 19.0 Å². The molecule has 0 rings (SSSR count). The zero-order valence-corrected chi connectivity index (χ0v) is 6.05. The van der Waals surface area contributed by atoms with Gasteiger partial charge in [0.15, 0.2) is 0 Å². The van der Waals surface area contributed by atoms with E-state index in [2.05, 4.69) is 20.8 Å². The first kappa shape index (κ1) is 8.81. The van der Waals surface area contributed by atoms with Gasteiger partial charge in [-0.3, -0.25) is 0 Å². The average molecular weight is 146 g/mol. The first-order valence-electron chi connectivity index (χ1n) is 2.78. The molecule has 0 N–H and O–H groups in total. The summed E-state index contributed by atoms with van der Waals surface area (Å²) < 4.78 is 13.2. The number of hydrogen-bond acceptors (Lipinski definition) is 4. The molecular weight excluding hydrogens is 136 g/mol. The van der Waals surface area contributed by atoms with Crippen LogP contribution < -0.4 is 0 Å². The number of methoxy groups -OCH3 is 1.